The molecule has 0 unspecified atom stereocenters. The molecule has 2 aromatic rings. The largest absolute Gasteiger partial charge is 0.324 e. The predicted molar refractivity (Wildman–Crippen MR) is 98.3 cm³/mol. The molecular formula is C20H22F2N2O2. The molecular weight excluding hydrogens is 338 g/mol. The molecule has 2 rings (SSSR count). The Morgan fingerprint density at radius 1 is 1.04 bits per heavy atom. The molecule has 0 saturated carbocycles. The highest BCUT2D eigenvalue weighted by Gasteiger charge is 2.18. The van der Waals surface area contributed by atoms with Gasteiger partial charge in [-0.3, -0.25) is 9.59 Å². The van der Waals surface area contributed by atoms with Crippen LogP contribution in [0.3, 0.4) is 0 Å². The molecule has 0 spiro atoms. The number of aryl methyl sites for hydroxylation is 3. The maximum absolute atomic E-state index is 13.6. The maximum Gasteiger partial charge on any atom is 0.226 e. The number of hydrogen-bond donors (Lipinski definition) is 1. The quantitative estimate of drug-likeness (QED) is 0.866. The van der Waals surface area contributed by atoms with Crippen LogP contribution in [0.25, 0.3) is 0 Å². The number of nitrogens with one attached hydrogen (secondary N) is 1. The van der Waals surface area contributed by atoms with E-state index in [4.69, 9.17) is 0 Å². The predicted octanol–water partition coefficient (Wildman–Crippen LogP) is 4.27. The number of hydrogen-bond acceptors (Lipinski definition) is 2. The van der Waals surface area contributed by atoms with Crippen LogP contribution in [0.1, 0.15) is 30.0 Å². The lowest BCUT2D eigenvalue weighted by atomic mass is 10.0. The van der Waals surface area contributed by atoms with Crippen molar-refractivity contribution in [1.29, 1.82) is 0 Å². The van der Waals surface area contributed by atoms with Crippen molar-refractivity contribution in [3.05, 3.63) is 58.7 Å². The second-order valence-electron chi connectivity index (χ2n) is 6.34. The minimum Gasteiger partial charge on any atom is -0.324 e. The van der Waals surface area contributed by atoms with Gasteiger partial charge >= 0.3 is 0 Å². The Balaban J connectivity index is 2.12. The summed E-state index contributed by atoms with van der Waals surface area (Å²) in [6, 6.07) is 6.90. The zero-order valence-electron chi connectivity index (χ0n) is 15.3. The highest BCUT2D eigenvalue weighted by molar-refractivity contribution is 5.96. The Morgan fingerprint density at radius 3 is 2.19 bits per heavy atom. The van der Waals surface area contributed by atoms with E-state index >= 15 is 0 Å². The molecule has 6 heteroatoms. The molecule has 1 N–H and O–H groups in total. The van der Waals surface area contributed by atoms with Crippen molar-refractivity contribution in [2.45, 2.75) is 34.1 Å². The van der Waals surface area contributed by atoms with Crippen molar-refractivity contribution >= 4 is 23.2 Å². The number of anilines is 2. The van der Waals surface area contributed by atoms with Gasteiger partial charge in [-0.05, 0) is 44.0 Å². The third kappa shape index (κ3) is 4.65. The van der Waals surface area contributed by atoms with Crippen LogP contribution >= 0.6 is 0 Å². The van der Waals surface area contributed by atoms with Gasteiger partial charge < -0.3 is 10.2 Å². The van der Waals surface area contributed by atoms with Crippen molar-refractivity contribution in [3.63, 3.8) is 0 Å². The molecule has 0 atom stereocenters. The Morgan fingerprint density at radius 2 is 1.65 bits per heavy atom. The summed E-state index contributed by atoms with van der Waals surface area (Å²) in [4.78, 5) is 25.8. The summed E-state index contributed by atoms with van der Waals surface area (Å²) in [5.41, 5.74) is 3.68. The first-order valence-corrected chi connectivity index (χ1v) is 8.30. The van der Waals surface area contributed by atoms with Gasteiger partial charge in [0.05, 0.1) is 5.69 Å². The van der Waals surface area contributed by atoms with Crippen LogP contribution in [0, 0.1) is 32.4 Å². The summed E-state index contributed by atoms with van der Waals surface area (Å²) >= 11 is 0. The lowest BCUT2D eigenvalue weighted by Crippen LogP contribution is -2.33. The molecule has 0 aliphatic heterocycles. The van der Waals surface area contributed by atoms with Gasteiger partial charge in [0.1, 0.15) is 11.6 Å². The van der Waals surface area contributed by atoms with E-state index in [0.29, 0.717) is 6.07 Å². The van der Waals surface area contributed by atoms with E-state index in [1.54, 1.807) is 4.90 Å². The van der Waals surface area contributed by atoms with Crippen LogP contribution in [0.15, 0.2) is 30.3 Å². The monoisotopic (exact) mass is 360 g/mol. The smallest absolute Gasteiger partial charge is 0.226 e. The summed E-state index contributed by atoms with van der Waals surface area (Å²) in [6.07, 6.45) is -0.0108. The van der Waals surface area contributed by atoms with Crippen molar-refractivity contribution in [2.75, 3.05) is 16.8 Å². The molecule has 0 saturated heterocycles. The highest BCUT2D eigenvalue weighted by atomic mass is 19.1. The topological polar surface area (TPSA) is 49.4 Å². The van der Waals surface area contributed by atoms with E-state index in [1.807, 2.05) is 32.9 Å². The molecule has 2 amide bonds. The van der Waals surface area contributed by atoms with Crippen LogP contribution in [-0.2, 0) is 9.59 Å². The number of amides is 2. The summed E-state index contributed by atoms with van der Waals surface area (Å²) in [5, 5.41) is 2.40. The summed E-state index contributed by atoms with van der Waals surface area (Å²) in [7, 11) is 0. The number of rotatable bonds is 5. The van der Waals surface area contributed by atoms with Crippen molar-refractivity contribution < 1.29 is 18.4 Å². The van der Waals surface area contributed by atoms with Crippen molar-refractivity contribution in [1.82, 2.24) is 0 Å². The molecule has 0 aliphatic carbocycles. The first-order chi connectivity index (χ1) is 12.2. The van der Waals surface area contributed by atoms with E-state index in [0.717, 1.165) is 28.4 Å². The molecule has 0 fully saturated rings. The Bertz CT molecular complexity index is 827. The molecule has 0 aromatic heterocycles. The zero-order chi connectivity index (χ0) is 19.4. The number of halogens is 2. The first kappa shape index (κ1) is 19.6. The lowest BCUT2D eigenvalue weighted by molar-refractivity contribution is -0.117. The molecule has 2 aromatic carbocycles. The second kappa shape index (κ2) is 8.08. The molecule has 26 heavy (non-hydrogen) atoms. The van der Waals surface area contributed by atoms with Gasteiger partial charge in [0.2, 0.25) is 11.8 Å². The Hall–Kier alpha value is -2.76. The van der Waals surface area contributed by atoms with E-state index < -0.39 is 17.5 Å². The van der Waals surface area contributed by atoms with E-state index in [9.17, 15) is 18.4 Å². The summed E-state index contributed by atoms with van der Waals surface area (Å²) < 4.78 is 26.5. The van der Waals surface area contributed by atoms with Gasteiger partial charge in [0.25, 0.3) is 0 Å². The third-order valence-electron chi connectivity index (χ3n) is 4.05. The fourth-order valence-electron chi connectivity index (χ4n) is 3.04. The number of carbonyl (C=O) groups is 2. The van der Waals surface area contributed by atoms with Crippen molar-refractivity contribution in [2.24, 2.45) is 0 Å². The zero-order valence-corrected chi connectivity index (χ0v) is 15.3. The van der Waals surface area contributed by atoms with Crippen LogP contribution in [0.5, 0.6) is 0 Å². The lowest BCUT2D eigenvalue weighted by Gasteiger charge is -2.25. The minimum absolute atomic E-state index is 0.0108. The van der Waals surface area contributed by atoms with Gasteiger partial charge in [0.15, 0.2) is 0 Å². The number of benzene rings is 2. The Kier molecular flexibility index (Phi) is 6.08. The number of nitrogens with zero attached hydrogens (tertiary/aromatic N) is 1. The van der Waals surface area contributed by atoms with E-state index in [-0.39, 0.29) is 24.6 Å². The van der Waals surface area contributed by atoms with Gasteiger partial charge in [-0.1, -0.05) is 17.7 Å². The molecule has 0 bridgehead atoms. The molecule has 138 valence electrons. The number of carbonyl (C=O) groups excluding carboxylic acids is 2. The van der Waals surface area contributed by atoms with Crippen LogP contribution in [0.4, 0.5) is 20.2 Å². The average Bonchev–Trinajstić information content (AvgIpc) is 2.52. The summed E-state index contributed by atoms with van der Waals surface area (Å²) in [6.45, 7) is 7.41. The van der Waals surface area contributed by atoms with Gasteiger partial charge in [-0.15, -0.1) is 0 Å². The SMILES string of the molecule is CC(=O)N(CCC(=O)Nc1ccc(F)cc1F)c1c(C)cc(C)cc1C. The van der Waals surface area contributed by atoms with E-state index in [2.05, 4.69) is 5.32 Å². The van der Waals surface area contributed by atoms with Crippen LogP contribution in [0.2, 0.25) is 0 Å². The Labute approximate surface area is 151 Å². The van der Waals surface area contributed by atoms with Crippen LogP contribution < -0.4 is 10.2 Å². The molecule has 4 nitrogen and oxygen atoms in total. The summed E-state index contributed by atoms with van der Waals surface area (Å²) in [5.74, 6) is -2.19. The molecule has 0 radical (unpaired) electrons. The van der Waals surface area contributed by atoms with Crippen molar-refractivity contribution in [3.8, 4) is 0 Å². The third-order valence-corrected chi connectivity index (χ3v) is 4.05. The standard InChI is InChI=1S/C20H22F2N2O2/c1-12-9-13(2)20(14(3)10-12)24(15(4)25)8-7-19(26)23-18-6-5-16(21)11-17(18)22/h5-6,9-11H,7-8H2,1-4H3,(H,23,26). The maximum atomic E-state index is 13.6. The van der Waals surface area contributed by atoms with Gasteiger partial charge in [0, 0.05) is 31.6 Å². The highest BCUT2D eigenvalue weighted by Crippen LogP contribution is 2.27. The van der Waals surface area contributed by atoms with Crippen LogP contribution in [-0.4, -0.2) is 18.4 Å². The average molecular weight is 360 g/mol. The normalized spacial score (nSPS) is 10.5. The van der Waals surface area contributed by atoms with Gasteiger partial charge in [-0.2, -0.15) is 0 Å². The molecule has 0 aliphatic rings. The van der Waals surface area contributed by atoms with E-state index in [1.165, 1.54) is 13.0 Å². The fourth-order valence-corrected chi connectivity index (χ4v) is 3.04. The van der Waals surface area contributed by atoms with Gasteiger partial charge in [-0.25, -0.2) is 8.78 Å². The fraction of sp³-hybridized carbons (Fsp3) is 0.300. The first-order valence-electron chi connectivity index (χ1n) is 8.30. The minimum atomic E-state index is -0.841. The molecule has 0 heterocycles. The second-order valence-corrected chi connectivity index (χ2v) is 6.34.